The van der Waals surface area contributed by atoms with Crippen molar-refractivity contribution in [3.8, 4) is 0 Å². The third-order valence-corrected chi connectivity index (χ3v) is 8.45. The van der Waals surface area contributed by atoms with E-state index in [9.17, 15) is 8.42 Å². The molecule has 0 saturated heterocycles. The van der Waals surface area contributed by atoms with Crippen LogP contribution in [0, 0.1) is 0 Å². The molecule has 3 nitrogen and oxygen atoms in total. The summed E-state index contributed by atoms with van der Waals surface area (Å²) in [5, 5.41) is 8.86. The van der Waals surface area contributed by atoms with E-state index in [1.807, 2.05) is 60.7 Å². The number of hydrogen-bond donors (Lipinski definition) is 1. The van der Waals surface area contributed by atoms with Gasteiger partial charge in [0.2, 0.25) is 10.9 Å². The average molecular weight is 552 g/mol. The minimum absolute atomic E-state index is 0.639. The minimum Gasteiger partial charge on any atom is -0.240 e. The Morgan fingerprint density at radius 2 is 0.974 bits per heavy atom. The second-order valence-corrected chi connectivity index (χ2v) is 11.1. The van der Waals surface area contributed by atoms with Gasteiger partial charge in [-0.2, -0.15) is 0 Å². The summed E-state index contributed by atoms with van der Waals surface area (Å²) in [4.78, 5) is 0. The van der Waals surface area contributed by atoms with Crippen molar-refractivity contribution in [1.29, 1.82) is 0 Å². The van der Waals surface area contributed by atoms with Crippen molar-refractivity contribution < 1.29 is 8.42 Å². The lowest BCUT2D eigenvalue weighted by molar-refractivity contribution is 0.615. The van der Waals surface area contributed by atoms with Gasteiger partial charge in [-0.3, -0.25) is 0 Å². The molecule has 0 spiro atoms. The first kappa shape index (κ1) is 25.7. The zero-order chi connectivity index (χ0) is 26.2. The maximum Gasteiger partial charge on any atom is 0.229 e. The van der Waals surface area contributed by atoms with E-state index in [4.69, 9.17) is 0 Å². The second-order valence-electron chi connectivity index (χ2n) is 8.30. The van der Waals surface area contributed by atoms with E-state index in [1.54, 1.807) is 34.8 Å². The van der Waals surface area contributed by atoms with Crippen LogP contribution in [-0.2, 0) is 10.9 Å². The standard InChI is InChI=1S/C16H13NO2S.2C8H6S/c18-20(19)17(14-9-2-1-3-10-14)16-12-6-8-13-7-4-5-11-15(13)16;2*1-2-4-8-7(3-1)5-6-9-8/h1-12,20H;2*1-6H. The summed E-state index contributed by atoms with van der Waals surface area (Å²) in [5.41, 5.74) is 1.31. The Hall–Kier alpha value is -3.97. The van der Waals surface area contributed by atoms with Crippen LogP contribution in [0.2, 0.25) is 0 Å². The maximum absolute atomic E-state index is 11.7. The van der Waals surface area contributed by atoms with Gasteiger partial charge >= 0.3 is 0 Å². The lowest BCUT2D eigenvalue weighted by Crippen LogP contribution is -2.14. The number of rotatable bonds is 3. The number of para-hydroxylation sites is 1. The quantitative estimate of drug-likeness (QED) is 0.222. The summed E-state index contributed by atoms with van der Waals surface area (Å²) in [7, 11) is -2.76. The molecule has 5 aromatic carbocycles. The Labute approximate surface area is 231 Å². The van der Waals surface area contributed by atoms with Gasteiger partial charge in [-0.1, -0.05) is 91.0 Å². The first-order valence-electron chi connectivity index (χ1n) is 12.0. The van der Waals surface area contributed by atoms with E-state index in [2.05, 4.69) is 71.4 Å². The van der Waals surface area contributed by atoms with Gasteiger partial charge in [-0.05, 0) is 69.4 Å². The summed E-state index contributed by atoms with van der Waals surface area (Å²) in [6.45, 7) is 0. The third-order valence-electron chi connectivity index (χ3n) is 5.88. The number of benzene rings is 5. The van der Waals surface area contributed by atoms with Crippen LogP contribution in [0.25, 0.3) is 30.9 Å². The average Bonchev–Trinajstić information content (AvgIpc) is 3.64. The van der Waals surface area contributed by atoms with Crippen molar-refractivity contribution in [1.82, 2.24) is 0 Å². The zero-order valence-corrected chi connectivity index (χ0v) is 22.9. The molecule has 0 unspecified atom stereocenters. The molecule has 0 aliphatic heterocycles. The van der Waals surface area contributed by atoms with Crippen LogP contribution >= 0.6 is 22.7 Å². The van der Waals surface area contributed by atoms with Crippen molar-refractivity contribution in [2.45, 2.75) is 0 Å². The van der Waals surface area contributed by atoms with Gasteiger partial charge < -0.3 is 0 Å². The van der Waals surface area contributed by atoms with Crippen molar-refractivity contribution in [3.05, 3.63) is 144 Å². The molecule has 7 rings (SSSR count). The molecule has 0 amide bonds. The van der Waals surface area contributed by atoms with Crippen molar-refractivity contribution in [2.24, 2.45) is 0 Å². The summed E-state index contributed by atoms with van der Waals surface area (Å²) < 4.78 is 27.5. The molecule has 2 heterocycles. The van der Waals surface area contributed by atoms with Gasteiger partial charge in [0.1, 0.15) is 0 Å². The van der Waals surface area contributed by atoms with Crippen LogP contribution in [0.3, 0.4) is 0 Å². The molecule has 0 bridgehead atoms. The Kier molecular flexibility index (Phi) is 8.46. The molecule has 6 heteroatoms. The van der Waals surface area contributed by atoms with E-state index in [-0.39, 0.29) is 0 Å². The molecule has 7 aromatic rings. The summed E-state index contributed by atoms with van der Waals surface area (Å²) in [5.74, 6) is 0. The topological polar surface area (TPSA) is 37.4 Å². The largest absolute Gasteiger partial charge is 0.240 e. The molecule has 0 aliphatic rings. The Morgan fingerprint density at radius 1 is 0.474 bits per heavy atom. The molecule has 0 radical (unpaired) electrons. The highest BCUT2D eigenvalue weighted by Crippen LogP contribution is 2.32. The number of thiol groups is 1. The van der Waals surface area contributed by atoms with Gasteiger partial charge in [0.05, 0.1) is 11.4 Å². The second kappa shape index (κ2) is 12.5. The Bertz CT molecular complexity index is 1700. The molecule has 0 N–H and O–H groups in total. The van der Waals surface area contributed by atoms with Gasteiger partial charge in [0, 0.05) is 14.8 Å². The van der Waals surface area contributed by atoms with Crippen LogP contribution in [0.4, 0.5) is 11.4 Å². The number of nitrogens with zero attached hydrogens (tertiary/aromatic N) is 1. The fourth-order valence-electron chi connectivity index (χ4n) is 4.10. The fourth-order valence-corrected chi connectivity index (χ4v) is 6.35. The minimum atomic E-state index is -2.76. The predicted molar refractivity (Wildman–Crippen MR) is 166 cm³/mol. The normalized spacial score (nSPS) is 10.6. The summed E-state index contributed by atoms with van der Waals surface area (Å²) in [6, 6.07) is 43.6. The van der Waals surface area contributed by atoms with E-state index in [0.29, 0.717) is 11.4 Å². The molecular weight excluding hydrogens is 527 g/mol. The number of hydrogen-bond acceptors (Lipinski definition) is 4. The van der Waals surface area contributed by atoms with Gasteiger partial charge in [0.15, 0.2) is 0 Å². The number of anilines is 2. The van der Waals surface area contributed by atoms with Gasteiger partial charge in [-0.15, -0.1) is 22.7 Å². The lowest BCUT2D eigenvalue weighted by Gasteiger charge is -2.19. The van der Waals surface area contributed by atoms with E-state index < -0.39 is 10.9 Å². The number of fused-ring (bicyclic) bond motifs is 3. The summed E-state index contributed by atoms with van der Waals surface area (Å²) >= 11 is 3.57. The molecule has 0 atom stereocenters. The lowest BCUT2D eigenvalue weighted by atomic mass is 10.1. The van der Waals surface area contributed by atoms with E-state index in [1.165, 1.54) is 24.5 Å². The Balaban J connectivity index is 0.000000134. The van der Waals surface area contributed by atoms with Crippen molar-refractivity contribution in [3.63, 3.8) is 0 Å². The highest BCUT2D eigenvalue weighted by atomic mass is 32.2. The van der Waals surface area contributed by atoms with Crippen molar-refractivity contribution >= 4 is 75.9 Å². The number of thiophene rings is 2. The van der Waals surface area contributed by atoms with Crippen LogP contribution < -0.4 is 4.31 Å². The third kappa shape index (κ3) is 6.11. The molecule has 0 saturated carbocycles. The van der Waals surface area contributed by atoms with E-state index in [0.717, 1.165) is 10.8 Å². The van der Waals surface area contributed by atoms with Crippen LogP contribution in [0.1, 0.15) is 0 Å². The van der Waals surface area contributed by atoms with E-state index >= 15 is 0 Å². The summed E-state index contributed by atoms with van der Waals surface area (Å²) in [6.07, 6.45) is 0. The molecule has 188 valence electrons. The monoisotopic (exact) mass is 551 g/mol. The highest BCUT2D eigenvalue weighted by molar-refractivity contribution is 7.74. The SMILES string of the molecule is O=[SH](=O)N(c1ccccc1)c1cccc2ccccc12.c1ccc2sccc2c1.c1ccc2sccc2c1. The fraction of sp³-hybridized carbons (Fsp3) is 0. The van der Waals surface area contributed by atoms with Crippen LogP contribution in [0.5, 0.6) is 0 Å². The molecule has 0 aliphatic carbocycles. The molecule has 2 aromatic heterocycles. The first-order chi connectivity index (χ1) is 18.7. The van der Waals surface area contributed by atoms with Crippen LogP contribution in [0.15, 0.2) is 144 Å². The van der Waals surface area contributed by atoms with Crippen LogP contribution in [-0.4, -0.2) is 8.42 Å². The van der Waals surface area contributed by atoms with Gasteiger partial charge in [-0.25, -0.2) is 12.7 Å². The maximum atomic E-state index is 11.7. The first-order valence-corrected chi connectivity index (χ1v) is 14.9. The highest BCUT2D eigenvalue weighted by Gasteiger charge is 2.13. The van der Waals surface area contributed by atoms with Crippen molar-refractivity contribution in [2.75, 3.05) is 4.31 Å². The Morgan fingerprint density at radius 3 is 1.55 bits per heavy atom. The molecular formula is C32H25NO2S3. The molecule has 0 fully saturated rings. The predicted octanol–water partition coefficient (Wildman–Crippen LogP) is 9.31. The molecule has 38 heavy (non-hydrogen) atoms. The van der Waals surface area contributed by atoms with Gasteiger partial charge in [0.25, 0.3) is 0 Å². The zero-order valence-electron chi connectivity index (χ0n) is 20.4. The smallest absolute Gasteiger partial charge is 0.229 e.